The lowest BCUT2D eigenvalue weighted by molar-refractivity contribution is -0.127. The van der Waals surface area contributed by atoms with Crippen LogP contribution in [0.5, 0.6) is 0 Å². The van der Waals surface area contributed by atoms with E-state index in [9.17, 15) is 4.79 Å². The summed E-state index contributed by atoms with van der Waals surface area (Å²) < 4.78 is 0. The van der Waals surface area contributed by atoms with Crippen LogP contribution in [0.3, 0.4) is 0 Å². The fraction of sp³-hybridized carbons (Fsp3) is 0.857. The van der Waals surface area contributed by atoms with Crippen molar-refractivity contribution < 1.29 is 25.2 Å². The Hall–Kier alpha value is -0.490. The highest BCUT2D eigenvalue weighted by atomic mass is 16.4. The Balaban J connectivity index is -0.000000405. The summed E-state index contributed by atoms with van der Waals surface area (Å²) in [7, 11) is 0. The van der Waals surface area contributed by atoms with E-state index in [1.165, 1.54) is 0 Å². The molecular formula is C7H18O5. The van der Waals surface area contributed by atoms with Gasteiger partial charge >= 0.3 is 0 Å². The quantitative estimate of drug-likeness (QED) is 0.398. The number of aliphatic hydroxyl groups excluding tert-OH is 4. The Morgan fingerprint density at radius 2 is 1.58 bits per heavy atom. The molecule has 0 radical (unpaired) electrons. The van der Waals surface area contributed by atoms with E-state index < -0.39 is 24.9 Å². The fourth-order valence-electron chi connectivity index (χ4n) is 0.416. The molecule has 0 bridgehead atoms. The van der Waals surface area contributed by atoms with Crippen LogP contribution in [-0.4, -0.2) is 51.6 Å². The minimum Gasteiger partial charge on any atom is -0.394 e. The zero-order valence-corrected chi connectivity index (χ0v) is 5.21. The Morgan fingerprint density at radius 3 is 1.83 bits per heavy atom. The summed E-state index contributed by atoms with van der Waals surface area (Å²) in [6.07, 6.45) is -4.63. The molecule has 3 atom stereocenters. The normalized spacial score (nSPS) is 16.3. The van der Waals surface area contributed by atoms with Crippen molar-refractivity contribution in [3.63, 3.8) is 0 Å². The first-order chi connectivity index (χ1) is 4.63. The van der Waals surface area contributed by atoms with Gasteiger partial charge in [-0.05, 0) is 0 Å². The van der Waals surface area contributed by atoms with Crippen LogP contribution in [-0.2, 0) is 4.79 Å². The number of hydrogen-bond donors (Lipinski definition) is 4. The molecule has 12 heavy (non-hydrogen) atoms. The summed E-state index contributed by atoms with van der Waals surface area (Å²) in [4.78, 5) is 9.76. The lowest BCUT2D eigenvalue weighted by Crippen LogP contribution is -2.40. The lowest BCUT2D eigenvalue weighted by atomic mass is 10.1. The average molecular weight is 182 g/mol. The van der Waals surface area contributed by atoms with Crippen LogP contribution < -0.4 is 0 Å². The van der Waals surface area contributed by atoms with Gasteiger partial charge in [0.2, 0.25) is 0 Å². The Labute approximate surface area is 72.3 Å². The van der Waals surface area contributed by atoms with Gasteiger partial charge in [0.15, 0.2) is 6.29 Å². The zero-order valence-electron chi connectivity index (χ0n) is 5.21. The van der Waals surface area contributed by atoms with Crippen LogP contribution in [0.2, 0.25) is 0 Å². The summed E-state index contributed by atoms with van der Waals surface area (Å²) in [5.41, 5.74) is 0. The van der Waals surface area contributed by atoms with Gasteiger partial charge in [0.05, 0.1) is 6.61 Å². The Morgan fingerprint density at radius 1 is 1.17 bits per heavy atom. The van der Waals surface area contributed by atoms with Crippen LogP contribution in [0, 0.1) is 0 Å². The molecule has 0 spiro atoms. The van der Waals surface area contributed by atoms with Crippen LogP contribution in [0.25, 0.3) is 0 Å². The van der Waals surface area contributed by atoms with Crippen molar-refractivity contribution in [1.29, 1.82) is 0 Å². The van der Waals surface area contributed by atoms with Gasteiger partial charge in [-0.2, -0.15) is 0 Å². The third-order valence-electron chi connectivity index (χ3n) is 1.07. The van der Waals surface area contributed by atoms with E-state index in [1.54, 1.807) is 0 Å². The van der Waals surface area contributed by atoms with E-state index in [2.05, 4.69) is 0 Å². The summed E-state index contributed by atoms with van der Waals surface area (Å²) in [5, 5.41) is 34.1. The topological polar surface area (TPSA) is 98.0 Å². The Kier molecular flexibility index (Phi) is 12.6. The molecule has 5 heteroatoms. The van der Waals surface area contributed by atoms with Gasteiger partial charge < -0.3 is 25.2 Å². The number of carbonyl (C=O) groups excluding carboxylic acids is 1. The van der Waals surface area contributed by atoms with Gasteiger partial charge in [-0.1, -0.05) is 14.9 Å². The van der Waals surface area contributed by atoms with Gasteiger partial charge in [-0.25, -0.2) is 0 Å². The molecule has 0 amide bonds. The molecule has 0 aromatic heterocycles. The first kappa shape index (κ1) is 17.6. The van der Waals surface area contributed by atoms with Crippen molar-refractivity contribution in [2.75, 3.05) is 6.61 Å². The highest BCUT2D eigenvalue weighted by Crippen LogP contribution is 1.96. The van der Waals surface area contributed by atoms with Crippen molar-refractivity contribution in [2.24, 2.45) is 0 Å². The van der Waals surface area contributed by atoms with Crippen LogP contribution in [0.4, 0.5) is 0 Å². The molecule has 0 aliphatic carbocycles. The molecule has 0 saturated carbocycles. The first-order valence-corrected chi connectivity index (χ1v) is 2.73. The fourth-order valence-corrected chi connectivity index (χ4v) is 0.416. The first-order valence-electron chi connectivity index (χ1n) is 2.73. The van der Waals surface area contributed by atoms with E-state index in [0.29, 0.717) is 0 Å². The molecular weight excluding hydrogens is 164 g/mol. The summed E-state index contributed by atoms with van der Waals surface area (Å²) >= 11 is 0. The van der Waals surface area contributed by atoms with E-state index >= 15 is 0 Å². The third kappa shape index (κ3) is 5.20. The molecule has 0 fully saturated rings. The lowest BCUT2D eigenvalue weighted by Gasteiger charge is -2.16. The molecule has 0 aromatic rings. The molecule has 0 unspecified atom stereocenters. The maximum Gasteiger partial charge on any atom is 0.151 e. The maximum atomic E-state index is 9.76. The third-order valence-corrected chi connectivity index (χ3v) is 1.07. The van der Waals surface area contributed by atoms with Crippen LogP contribution >= 0.6 is 0 Å². The van der Waals surface area contributed by atoms with Gasteiger partial charge in [-0.15, -0.1) is 0 Å². The maximum absolute atomic E-state index is 9.76. The molecule has 0 rings (SSSR count). The van der Waals surface area contributed by atoms with Crippen LogP contribution in [0.15, 0.2) is 0 Å². The predicted octanol–water partition coefficient (Wildman–Crippen LogP) is -1.47. The van der Waals surface area contributed by atoms with E-state index in [1.807, 2.05) is 0 Å². The minimum absolute atomic E-state index is 0. The Bertz CT molecular complexity index is 106. The molecule has 76 valence electrons. The van der Waals surface area contributed by atoms with Crippen molar-refractivity contribution in [1.82, 2.24) is 0 Å². The second-order valence-electron chi connectivity index (χ2n) is 1.87. The van der Waals surface area contributed by atoms with E-state index in [4.69, 9.17) is 20.4 Å². The summed E-state index contributed by atoms with van der Waals surface area (Å²) in [5.74, 6) is 0. The second kappa shape index (κ2) is 8.61. The molecule has 0 heterocycles. The predicted molar refractivity (Wildman–Crippen MR) is 44.6 cm³/mol. The summed E-state index contributed by atoms with van der Waals surface area (Å²) in [6.45, 7) is -0.688. The van der Waals surface area contributed by atoms with Gasteiger partial charge in [-0.3, -0.25) is 0 Å². The smallest absolute Gasteiger partial charge is 0.151 e. The van der Waals surface area contributed by atoms with Crippen LogP contribution in [0.1, 0.15) is 14.9 Å². The van der Waals surface area contributed by atoms with E-state index in [-0.39, 0.29) is 21.1 Å². The van der Waals surface area contributed by atoms with E-state index in [0.717, 1.165) is 0 Å². The number of hydrogen-bond acceptors (Lipinski definition) is 5. The highest BCUT2D eigenvalue weighted by molar-refractivity contribution is 5.56. The largest absolute Gasteiger partial charge is 0.394 e. The molecule has 5 nitrogen and oxygen atoms in total. The summed E-state index contributed by atoms with van der Waals surface area (Å²) in [6, 6.07) is 0. The number of aliphatic hydroxyl groups is 4. The highest BCUT2D eigenvalue weighted by Gasteiger charge is 2.22. The number of carbonyl (C=O) groups is 1. The molecule has 0 aromatic carbocycles. The number of rotatable bonds is 4. The zero-order chi connectivity index (χ0) is 8.15. The van der Waals surface area contributed by atoms with Gasteiger partial charge in [0.1, 0.15) is 18.3 Å². The molecule has 0 saturated heterocycles. The monoisotopic (exact) mass is 182 g/mol. The van der Waals surface area contributed by atoms with Crippen molar-refractivity contribution >= 4 is 6.29 Å². The minimum atomic E-state index is -1.64. The number of aldehydes is 1. The van der Waals surface area contributed by atoms with Crippen molar-refractivity contribution in [2.45, 2.75) is 33.2 Å². The molecule has 0 aliphatic rings. The SMILES string of the molecule is C.C.O=C[C@H](O)[C@H](O)[C@H](O)CO. The van der Waals surface area contributed by atoms with Gasteiger partial charge in [0.25, 0.3) is 0 Å². The molecule has 0 aliphatic heterocycles. The van der Waals surface area contributed by atoms with Crippen molar-refractivity contribution in [3.05, 3.63) is 0 Å². The van der Waals surface area contributed by atoms with Gasteiger partial charge in [0, 0.05) is 0 Å². The standard InChI is InChI=1S/C5H10O5.2CH4/c6-1-3(8)5(10)4(9)2-7;;/h1,3-5,7-10H,2H2;2*1H4/t3-,4+,5-;;/m0../s1. The van der Waals surface area contributed by atoms with Crippen molar-refractivity contribution in [3.8, 4) is 0 Å². The molecule has 4 N–H and O–H groups in total. The average Bonchev–Trinajstić information content (AvgIpc) is 2.00. The second-order valence-corrected chi connectivity index (χ2v) is 1.87.